The van der Waals surface area contributed by atoms with Crippen LogP contribution in [-0.2, 0) is 18.4 Å². The molecule has 1 amide bonds. The molecule has 0 aliphatic rings. The van der Waals surface area contributed by atoms with E-state index in [0.717, 1.165) is 11.3 Å². The number of hydrogen-bond acceptors (Lipinski definition) is 7. The van der Waals surface area contributed by atoms with Crippen molar-refractivity contribution in [1.29, 1.82) is 0 Å². The van der Waals surface area contributed by atoms with Gasteiger partial charge in [0.1, 0.15) is 12.4 Å². The van der Waals surface area contributed by atoms with Gasteiger partial charge in [-0.15, -0.1) is 10.2 Å². The summed E-state index contributed by atoms with van der Waals surface area (Å²) in [6.07, 6.45) is 0. The van der Waals surface area contributed by atoms with Crippen molar-refractivity contribution < 1.29 is 14.5 Å². The highest BCUT2D eigenvalue weighted by atomic mass is 32.2. The Bertz CT molecular complexity index is 1130. The number of benzene rings is 2. The summed E-state index contributed by atoms with van der Waals surface area (Å²) in [7, 11) is 1.82. The lowest BCUT2D eigenvalue weighted by atomic mass is 10.1. The largest absolute Gasteiger partial charge is 0.485 e. The van der Waals surface area contributed by atoms with Gasteiger partial charge in [-0.2, -0.15) is 0 Å². The molecule has 0 unspecified atom stereocenters. The average molecular weight is 442 g/mol. The summed E-state index contributed by atoms with van der Waals surface area (Å²) in [6.45, 7) is 6.00. The standard InChI is InChI=1S/C21H23N5O4S/c1-13-5-8-18(15(3)9-13)30-11-19-23-24-21(25(19)4)31-12-20(27)22-17-7-6-16(26(28)29)10-14(17)2/h5-10H,11-12H2,1-4H3,(H,22,27). The Labute approximate surface area is 184 Å². The van der Waals surface area contributed by atoms with Crippen molar-refractivity contribution in [3.63, 3.8) is 0 Å². The number of nitrogens with one attached hydrogen (secondary N) is 1. The highest BCUT2D eigenvalue weighted by Crippen LogP contribution is 2.23. The number of amides is 1. The van der Waals surface area contributed by atoms with E-state index >= 15 is 0 Å². The van der Waals surface area contributed by atoms with Gasteiger partial charge in [-0.1, -0.05) is 29.5 Å². The molecule has 0 saturated carbocycles. The molecule has 2 aromatic carbocycles. The smallest absolute Gasteiger partial charge is 0.269 e. The Morgan fingerprint density at radius 3 is 2.61 bits per heavy atom. The van der Waals surface area contributed by atoms with Gasteiger partial charge in [-0.05, 0) is 44.0 Å². The van der Waals surface area contributed by atoms with Gasteiger partial charge in [-0.3, -0.25) is 14.9 Å². The van der Waals surface area contributed by atoms with E-state index < -0.39 is 4.92 Å². The zero-order valence-corrected chi connectivity index (χ0v) is 18.5. The van der Waals surface area contributed by atoms with E-state index in [0.29, 0.717) is 22.2 Å². The third-order valence-corrected chi connectivity index (χ3v) is 5.66. The van der Waals surface area contributed by atoms with Crippen molar-refractivity contribution in [2.75, 3.05) is 11.1 Å². The van der Waals surface area contributed by atoms with Crippen LogP contribution in [0, 0.1) is 30.9 Å². The fourth-order valence-electron chi connectivity index (χ4n) is 2.92. The van der Waals surface area contributed by atoms with Crippen molar-refractivity contribution in [2.45, 2.75) is 32.5 Å². The number of carbonyl (C=O) groups is 1. The second-order valence-corrected chi connectivity index (χ2v) is 8.05. The lowest BCUT2D eigenvalue weighted by Crippen LogP contribution is -2.15. The van der Waals surface area contributed by atoms with Crippen LogP contribution in [0.1, 0.15) is 22.5 Å². The van der Waals surface area contributed by atoms with Crippen LogP contribution in [-0.4, -0.2) is 31.3 Å². The molecular weight excluding hydrogens is 418 g/mol. The van der Waals surface area contributed by atoms with Crippen LogP contribution in [0.15, 0.2) is 41.6 Å². The minimum Gasteiger partial charge on any atom is -0.485 e. The lowest BCUT2D eigenvalue weighted by Gasteiger charge is -2.10. The van der Waals surface area contributed by atoms with Gasteiger partial charge >= 0.3 is 0 Å². The number of anilines is 1. The molecular formula is C21H23N5O4S. The fourth-order valence-corrected chi connectivity index (χ4v) is 3.65. The molecule has 3 aromatic rings. The maximum Gasteiger partial charge on any atom is 0.269 e. The molecule has 31 heavy (non-hydrogen) atoms. The minimum atomic E-state index is -0.468. The Hall–Kier alpha value is -3.40. The maximum atomic E-state index is 12.3. The summed E-state index contributed by atoms with van der Waals surface area (Å²) in [5, 5.41) is 22.5. The zero-order chi connectivity index (χ0) is 22.5. The normalized spacial score (nSPS) is 10.7. The van der Waals surface area contributed by atoms with E-state index in [1.54, 1.807) is 11.5 Å². The van der Waals surface area contributed by atoms with Crippen LogP contribution < -0.4 is 10.1 Å². The van der Waals surface area contributed by atoms with Gasteiger partial charge in [0.2, 0.25) is 5.91 Å². The first-order valence-electron chi connectivity index (χ1n) is 9.50. The van der Waals surface area contributed by atoms with Crippen molar-refractivity contribution in [3.8, 4) is 5.75 Å². The van der Waals surface area contributed by atoms with Gasteiger partial charge in [0, 0.05) is 24.9 Å². The number of rotatable bonds is 8. The summed E-state index contributed by atoms with van der Waals surface area (Å²) >= 11 is 1.25. The zero-order valence-electron chi connectivity index (χ0n) is 17.7. The Morgan fingerprint density at radius 1 is 1.16 bits per heavy atom. The Kier molecular flexibility index (Phi) is 6.91. The SMILES string of the molecule is Cc1ccc(OCc2nnc(SCC(=O)Nc3ccc([N+](=O)[O-])cc3C)n2C)c(C)c1. The first-order chi connectivity index (χ1) is 14.7. The molecule has 10 heteroatoms. The van der Waals surface area contributed by atoms with E-state index in [2.05, 4.69) is 21.6 Å². The number of carbonyl (C=O) groups excluding carboxylic acids is 1. The van der Waals surface area contributed by atoms with Crippen molar-refractivity contribution in [2.24, 2.45) is 7.05 Å². The number of hydrogen-bond donors (Lipinski definition) is 1. The van der Waals surface area contributed by atoms with Crippen LogP contribution in [0.5, 0.6) is 5.75 Å². The maximum absolute atomic E-state index is 12.3. The molecule has 0 bridgehead atoms. The van der Waals surface area contributed by atoms with E-state index in [9.17, 15) is 14.9 Å². The van der Waals surface area contributed by atoms with Crippen molar-refractivity contribution in [1.82, 2.24) is 14.8 Å². The van der Waals surface area contributed by atoms with Crippen LogP contribution in [0.3, 0.4) is 0 Å². The monoisotopic (exact) mass is 441 g/mol. The first kappa shape index (κ1) is 22.3. The van der Waals surface area contributed by atoms with E-state index in [-0.39, 0.29) is 24.0 Å². The van der Waals surface area contributed by atoms with Gasteiger partial charge in [-0.25, -0.2) is 0 Å². The molecule has 162 valence electrons. The topological polar surface area (TPSA) is 112 Å². The molecule has 0 aliphatic heterocycles. The number of nitro benzene ring substituents is 1. The van der Waals surface area contributed by atoms with Gasteiger partial charge in [0.25, 0.3) is 5.69 Å². The van der Waals surface area contributed by atoms with Crippen molar-refractivity contribution >= 4 is 29.0 Å². The Balaban J connectivity index is 1.56. The third-order valence-electron chi connectivity index (χ3n) is 4.64. The molecule has 1 heterocycles. The molecule has 0 aliphatic carbocycles. The summed E-state index contributed by atoms with van der Waals surface area (Å²) in [6, 6.07) is 10.3. The molecule has 3 rings (SSSR count). The van der Waals surface area contributed by atoms with Crippen LogP contribution in [0.25, 0.3) is 0 Å². The van der Waals surface area contributed by atoms with E-state index in [4.69, 9.17) is 4.74 Å². The van der Waals surface area contributed by atoms with E-state index in [1.807, 2.05) is 33.0 Å². The Morgan fingerprint density at radius 2 is 1.94 bits per heavy atom. The number of nitro groups is 1. The molecule has 1 aromatic heterocycles. The summed E-state index contributed by atoms with van der Waals surface area (Å²) in [5.74, 6) is 1.33. The van der Waals surface area contributed by atoms with Crippen molar-refractivity contribution in [3.05, 3.63) is 69.0 Å². The molecule has 0 fully saturated rings. The molecule has 0 radical (unpaired) electrons. The van der Waals surface area contributed by atoms with Gasteiger partial charge in [0.05, 0.1) is 10.7 Å². The number of aromatic nitrogens is 3. The summed E-state index contributed by atoms with van der Waals surface area (Å²) < 4.78 is 7.65. The highest BCUT2D eigenvalue weighted by molar-refractivity contribution is 7.99. The third kappa shape index (κ3) is 5.60. The van der Waals surface area contributed by atoms with Gasteiger partial charge in [0.15, 0.2) is 11.0 Å². The van der Waals surface area contributed by atoms with Crippen LogP contribution >= 0.6 is 11.8 Å². The number of non-ortho nitro benzene ring substituents is 1. The second kappa shape index (κ2) is 9.61. The molecule has 0 saturated heterocycles. The predicted octanol–water partition coefficient (Wildman–Crippen LogP) is 3.96. The molecule has 1 N–H and O–H groups in total. The average Bonchev–Trinajstić information content (AvgIpc) is 3.06. The number of aryl methyl sites for hydroxylation is 3. The lowest BCUT2D eigenvalue weighted by molar-refractivity contribution is -0.384. The summed E-state index contributed by atoms with van der Waals surface area (Å²) in [4.78, 5) is 22.7. The number of nitrogens with zero attached hydrogens (tertiary/aromatic N) is 4. The first-order valence-corrected chi connectivity index (χ1v) is 10.5. The second-order valence-electron chi connectivity index (χ2n) is 7.11. The highest BCUT2D eigenvalue weighted by Gasteiger charge is 2.14. The molecule has 0 atom stereocenters. The molecule has 0 spiro atoms. The fraction of sp³-hybridized carbons (Fsp3) is 0.286. The minimum absolute atomic E-state index is 0.0143. The predicted molar refractivity (Wildman–Crippen MR) is 118 cm³/mol. The molecule has 9 nitrogen and oxygen atoms in total. The van der Waals surface area contributed by atoms with Crippen LogP contribution in [0.4, 0.5) is 11.4 Å². The number of thioether (sulfide) groups is 1. The van der Waals surface area contributed by atoms with Crippen LogP contribution in [0.2, 0.25) is 0 Å². The van der Waals surface area contributed by atoms with E-state index in [1.165, 1.54) is 35.5 Å². The quantitative estimate of drug-likeness (QED) is 0.320. The number of ether oxygens (including phenoxy) is 1. The summed E-state index contributed by atoms with van der Waals surface area (Å²) in [5.41, 5.74) is 3.37. The van der Waals surface area contributed by atoms with Gasteiger partial charge < -0.3 is 14.6 Å².